The van der Waals surface area contributed by atoms with Gasteiger partial charge in [0.05, 0.1) is 11.4 Å². The zero-order chi connectivity index (χ0) is 28.7. The number of carbonyl (C=O) groups is 2. The van der Waals surface area contributed by atoms with Gasteiger partial charge in [-0.05, 0) is 56.4 Å². The van der Waals surface area contributed by atoms with Crippen molar-refractivity contribution in [2.45, 2.75) is 77.9 Å². The topological polar surface area (TPSA) is 105 Å². The first-order valence-electron chi connectivity index (χ1n) is 14.3. The lowest BCUT2D eigenvalue weighted by atomic mass is 9.95. The predicted octanol–water partition coefficient (Wildman–Crippen LogP) is 4.18. The highest BCUT2D eigenvalue weighted by atomic mass is 32.2. The minimum Gasteiger partial charge on any atom is -0.486 e. The Morgan fingerprint density at radius 1 is 1.00 bits per heavy atom. The summed E-state index contributed by atoms with van der Waals surface area (Å²) >= 11 is 0. The van der Waals surface area contributed by atoms with E-state index in [0.29, 0.717) is 36.8 Å². The Balaban J connectivity index is 1.65. The molecule has 40 heavy (non-hydrogen) atoms. The van der Waals surface area contributed by atoms with Crippen LogP contribution in [0.3, 0.4) is 0 Å². The Bertz CT molecular complexity index is 1290. The zero-order valence-corrected chi connectivity index (χ0v) is 24.5. The first-order chi connectivity index (χ1) is 19.2. The van der Waals surface area contributed by atoms with Gasteiger partial charge in [0.15, 0.2) is 11.5 Å². The lowest BCUT2D eigenvalue weighted by Gasteiger charge is -2.35. The molecule has 2 aromatic rings. The van der Waals surface area contributed by atoms with Gasteiger partial charge in [-0.15, -0.1) is 0 Å². The molecular formula is C30H41N3O6S. The van der Waals surface area contributed by atoms with E-state index in [1.54, 1.807) is 25.1 Å². The number of nitrogens with one attached hydrogen (secondary N) is 1. The molecule has 0 unspecified atom stereocenters. The first-order valence-corrected chi connectivity index (χ1v) is 15.9. The van der Waals surface area contributed by atoms with Gasteiger partial charge in [-0.3, -0.25) is 13.9 Å². The molecule has 1 saturated carbocycles. The van der Waals surface area contributed by atoms with Crippen LogP contribution in [-0.2, 0) is 26.2 Å². The number of sulfonamides is 1. The lowest BCUT2D eigenvalue weighted by Crippen LogP contribution is -2.54. The van der Waals surface area contributed by atoms with Crippen molar-refractivity contribution in [3.63, 3.8) is 0 Å². The van der Waals surface area contributed by atoms with Gasteiger partial charge in [0, 0.05) is 18.7 Å². The van der Waals surface area contributed by atoms with Crippen molar-refractivity contribution in [2.24, 2.45) is 0 Å². The summed E-state index contributed by atoms with van der Waals surface area (Å²) in [5, 5.41) is 3.17. The lowest BCUT2D eigenvalue weighted by molar-refractivity contribution is -0.140. The number of benzene rings is 2. The van der Waals surface area contributed by atoms with Crippen molar-refractivity contribution in [3.05, 3.63) is 53.6 Å². The van der Waals surface area contributed by atoms with Crippen LogP contribution in [-0.4, -0.2) is 62.7 Å². The van der Waals surface area contributed by atoms with Crippen molar-refractivity contribution < 1.29 is 27.5 Å². The van der Waals surface area contributed by atoms with Crippen LogP contribution < -0.4 is 19.1 Å². The van der Waals surface area contributed by atoms with E-state index in [0.717, 1.165) is 41.1 Å². The maximum absolute atomic E-state index is 14.1. The van der Waals surface area contributed by atoms with Crippen molar-refractivity contribution in [3.8, 4) is 11.5 Å². The van der Waals surface area contributed by atoms with Crippen LogP contribution in [0.5, 0.6) is 11.5 Å². The number of anilines is 1. The van der Waals surface area contributed by atoms with E-state index in [4.69, 9.17) is 9.47 Å². The number of hydrogen-bond acceptors (Lipinski definition) is 6. The summed E-state index contributed by atoms with van der Waals surface area (Å²) in [6.07, 6.45) is 5.59. The maximum atomic E-state index is 14.1. The van der Waals surface area contributed by atoms with Crippen LogP contribution in [0, 0.1) is 6.92 Å². The third-order valence-corrected chi connectivity index (χ3v) is 9.47. The third kappa shape index (κ3) is 7.08. The van der Waals surface area contributed by atoms with E-state index in [2.05, 4.69) is 5.32 Å². The number of fused-ring (bicyclic) bond motifs is 1. The minimum absolute atomic E-state index is 0.0976. The molecule has 1 fully saturated rings. The van der Waals surface area contributed by atoms with E-state index in [-0.39, 0.29) is 24.2 Å². The fourth-order valence-corrected chi connectivity index (χ4v) is 6.40. The molecule has 2 aromatic carbocycles. The smallest absolute Gasteiger partial charge is 0.244 e. The Kier molecular flexibility index (Phi) is 9.95. The molecule has 2 aliphatic rings. The molecule has 9 nitrogen and oxygen atoms in total. The van der Waals surface area contributed by atoms with Gasteiger partial charge < -0.3 is 19.7 Å². The highest BCUT2D eigenvalue weighted by molar-refractivity contribution is 7.92. The Morgan fingerprint density at radius 3 is 2.38 bits per heavy atom. The van der Waals surface area contributed by atoms with Gasteiger partial charge in [0.25, 0.3) is 0 Å². The molecule has 1 aliphatic carbocycles. The molecule has 4 rings (SSSR count). The van der Waals surface area contributed by atoms with Crippen molar-refractivity contribution in [1.29, 1.82) is 0 Å². The second-order valence-electron chi connectivity index (χ2n) is 10.5. The number of hydrogen-bond donors (Lipinski definition) is 1. The molecule has 0 spiro atoms. The molecule has 0 radical (unpaired) electrons. The molecule has 1 aliphatic heterocycles. The van der Waals surface area contributed by atoms with Crippen LogP contribution in [0.2, 0.25) is 0 Å². The molecular weight excluding hydrogens is 530 g/mol. The minimum atomic E-state index is -3.84. The molecule has 1 N–H and O–H groups in total. The van der Waals surface area contributed by atoms with E-state index in [9.17, 15) is 18.0 Å². The van der Waals surface area contributed by atoms with Crippen LogP contribution in [0.25, 0.3) is 0 Å². The Labute approximate surface area is 237 Å². The Morgan fingerprint density at radius 2 is 1.70 bits per heavy atom. The molecule has 10 heteroatoms. The summed E-state index contributed by atoms with van der Waals surface area (Å²) in [7, 11) is -3.84. The van der Waals surface area contributed by atoms with Crippen LogP contribution in [0.1, 0.15) is 63.5 Å². The number of aryl methyl sites for hydroxylation is 1. The van der Waals surface area contributed by atoms with Crippen LogP contribution in [0.4, 0.5) is 5.69 Å². The quantitative estimate of drug-likeness (QED) is 0.434. The Hall–Kier alpha value is -3.27. The number of rotatable bonds is 11. The summed E-state index contributed by atoms with van der Waals surface area (Å²) in [6.45, 7) is 5.92. The highest BCUT2D eigenvalue weighted by Crippen LogP contribution is 2.35. The van der Waals surface area contributed by atoms with Crippen LogP contribution >= 0.6 is 0 Å². The maximum Gasteiger partial charge on any atom is 0.244 e. The monoisotopic (exact) mass is 571 g/mol. The molecule has 2 amide bonds. The molecule has 0 bridgehead atoms. The van der Waals surface area contributed by atoms with E-state index in [1.165, 1.54) is 11.3 Å². The summed E-state index contributed by atoms with van der Waals surface area (Å²) in [4.78, 5) is 29.2. The van der Waals surface area contributed by atoms with Gasteiger partial charge >= 0.3 is 0 Å². The van der Waals surface area contributed by atoms with Crippen LogP contribution in [0.15, 0.2) is 42.5 Å². The van der Waals surface area contributed by atoms with E-state index < -0.39 is 28.5 Å². The molecule has 0 aromatic heterocycles. The van der Waals surface area contributed by atoms with Gasteiger partial charge in [0.2, 0.25) is 21.8 Å². The summed E-state index contributed by atoms with van der Waals surface area (Å²) < 4.78 is 38.9. The highest BCUT2D eigenvalue weighted by Gasteiger charge is 2.34. The molecule has 218 valence electrons. The van der Waals surface area contributed by atoms with Gasteiger partial charge in [-0.2, -0.15) is 0 Å². The van der Waals surface area contributed by atoms with E-state index >= 15 is 0 Å². The number of amides is 2. The number of carbonyl (C=O) groups excluding carboxylic acids is 2. The molecule has 1 atom stereocenters. The van der Waals surface area contributed by atoms with Gasteiger partial charge in [0.1, 0.15) is 25.8 Å². The average Bonchev–Trinajstić information content (AvgIpc) is 2.96. The fourth-order valence-electron chi connectivity index (χ4n) is 5.34. The largest absolute Gasteiger partial charge is 0.486 e. The third-order valence-electron chi connectivity index (χ3n) is 7.73. The standard InChI is InChI=1S/C30H41N3O6S/c1-4-26(30(35)31-24-13-7-6-8-14-24)32(20-23-12-10-9-11-22(23)3)29(34)21-33(40(36,37)5-2)25-15-16-27-28(19-25)39-18-17-38-27/h9-12,15-16,19,24,26H,4-8,13-14,17-18,20-21H2,1-3H3,(H,31,35)/t26-/m0/s1. The van der Waals surface area contributed by atoms with Crippen molar-refractivity contribution in [2.75, 3.05) is 29.8 Å². The molecule has 1 heterocycles. The SMILES string of the molecule is CC[C@@H](C(=O)NC1CCCCC1)N(Cc1ccccc1C)C(=O)CN(c1ccc2c(c1)OCCO2)S(=O)(=O)CC. The summed E-state index contributed by atoms with van der Waals surface area (Å²) in [6, 6.07) is 11.9. The number of ether oxygens (including phenoxy) is 2. The van der Waals surface area contributed by atoms with Gasteiger partial charge in [-0.25, -0.2) is 8.42 Å². The van der Waals surface area contributed by atoms with E-state index in [1.807, 2.05) is 38.1 Å². The predicted molar refractivity (Wildman–Crippen MR) is 155 cm³/mol. The number of nitrogens with zero attached hydrogens (tertiary/aromatic N) is 2. The summed E-state index contributed by atoms with van der Waals surface area (Å²) in [5.41, 5.74) is 2.21. The second-order valence-corrected chi connectivity index (χ2v) is 12.6. The average molecular weight is 572 g/mol. The second kappa shape index (κ2) is 13.4. The first kappa shape index (κ1) is 29.7. The zero-order valence-electron chi connectivity index (χ0n) is 23.7. The van der Waals surface area contributed by atoms with Gasteiger partial charge in [-0.1, -0.05) is 50.5 Å². The normalized spacial score (nSPS) is 16.2. The van der Waals surface area contributed by atoms with Crippen molar-refractivity contribution in [1.82, 2.24) is 10.2 Å². The molecule has 0 saturated heterocycles. The summed E-state index contributed by atoms with van der Waals surface area (Å²) in [5.74, 6) is 0.136. The van der Waals surface area contributed by atoms with Crippen molar-refractivity contribution >= 4 is 27.5 Å². The fraction of sp³-hybridized carbons (Fsp3) is 0.533.